The normalized spacial score (nSPS) is 19.1. The van der Waals surface area contributed by atoms with Crippen LogP contribution in [0.15, 0.2) is 24.3 Å². The lowest BCUT2D eigenvalue weighted by Gasteiger charge is -2.24. The maximum Gasteiger partial charge on any atom is 0.186 e. The molecule has 1 fully saturated rings. The van der Waals surface area contributed by atoms with Crippen LogP contribution in [0.25, 0.3) is 10.2 Å². The fraction of sp³-hybridized carbons (Fsp3) is 0.533. The summed E-state index contributed by atoms with van der Waals surface area (Å²) in [5.74, 6) is 0. The predicted octanol–water partition coefficient (Wildman–Crippen LogP) is 2.50. The predicted molar refractivity (Wildman–Crippen MR) is 84.7 cm³/mol. The van der Waals surface area contributed by atoms with Crippen LogP contribution < -0.4 is 10.2 Å². The Morgan fingerprint density at radius 2 is 2.35 bits per heavy atom. The summed E-state index contributed by atoms with van der Waals surface area (Å²) in [6, 6.07) is 8.94. The number of nitrogens with one attached hydrogen (secondary N) is 1. The summed E-state index contributed by atoms with van der Waals surface area (Å²) in [5, 5.41) is 4.64. The molecule has 4 nitrogen and oxygen atoms in total. The second-order valence-electron chi connectivity index (χ2n) is 5.15. The van der Waals surface area contributed by atoms with Gasteiger partial charge in [-0.05, 0) is 25.0 Å². The minimum atomic E-state index is 0.562. The Morgan fingerprint density at radius 1 is 1.45 bits per heavy atom. The molecule has 3 rings (SSSR count). The smallest absolute Gasteiger partial charge is 0.186 e. The number of para-hydroxylation sites is 1. The monoisotopic (exact) mass is 291 g/mol. The Hall–Kier alpha value is -1.17. The summed E-state index contributed by atoms with van der Waals surface area (Å²) in [7, 11) is 1.74. The van der Waals surface area contributed by atoms with E-state index in [-0.39, 0.29) is 0 Å². The van der Waals surface area contributed by atoms with Crippen LogP contribution in [0.1, 0.15) is 12.8 Å². The number of rotatable bonds is 6. The summed E-state index contributed by atoms with van der Waals surface area (Å²) < 4.78 is 6.35. The molecule has 0 spiro atoms. The molecular weight excluding hydrogens is 270 g/mol. The number of ether oxygens (including phenoxy) is 1. The average Bonchev–Trinajstić information content (AvgIpc) is 3.09. The van der Waals surface area contributed by atoms with Crippen LogP contribution >= 0.6 is 11.3 Å². The molecule has 1 N–H and O–H groups in total. The van der Waals surface area contributed by atoms with Crippen molar-refractivity contribution in [2.24, 2.45) is 0 Å². The maximum absolute atomic E-state index is 5.07. The van der Waals surface area contributed by atoms with Crippen LogP contribution in [0.2, 0.25) is 0 Å². The van der Waals surface area contributed by atoms with Gasteiger partial charge in [-0.2, -0.15) is 0 Å². The Kier molecular flexibility index (Phi) is 4.50. The van der Waals surface area contributed by atoms with Crippen LogP contribution in [0.5, 0.6) is 0 Å². The zero-order valence-electron chi connectivity index (χ0n) is 11.8. The second kappa shape index (κ2) is 6.52. The van der Waals surface area contributed by atoms with Crippen molar-refractivity contribution < 1.29 is 4.74 Å². The van der Waals surface area contributed by atoms with E-state index in [1.165, 1.54) is 22.7 Å². The van der Waals surface area contributed by atoms with Gasteiger partial charge in [0.25, 0.3) is 0 Å². The van der Waals surface area contributed by atoms with Crippen molar-refractivity contribution >= 4 is 26.7 Å². The molecule has 1 unspecified atom stereocenters. The van der Waals surface area contributed by atoms with Gasteiger partial charge in [0.2, 0.25) is 0 Å². The van der Waals surface area contributed by atoms with Crippen molar-refractivity contribution in [2.75, 3.05) is 38.3 Å². The first-order valence-electron chi connectivity index (χ1n) is 7.20. The molecule has 1 aliphatic rings. The minimum Gasteiger partial charge on any atom is -0.383 e. The van der Waals surface area contributed by atoms with Crippen LogP contribution in [-0.4, -0.2) is 44.4 Å². The van der Waals surface area contributed by atoms with Gasteiger partial charge in [0, 0.05) is 32.8 Å². The second-order valence-corrected chi connectivity index (χ2v) is 6.16. The molecule has 5 heteroatoms. The molecule has 0 saturated carbocycles. The quantitative estimate of drug-likeness (QED) is 0.830. The number of hydrogen-bond donors (Lipinski definition) is 1. The van der Waals surface area contributed by atoms with E-state index >= 15 is 0 Å². The van der Waals surface area contributed by atoms with Gasteiger partial charge in [-0.3, -0.25) is 0 Å². The zero-order chi connectivity index (χ0) is 13.8. The largest absolute Gasteiger partial charge is 0.383 e. The number of hydrogen-bond acceptors (Lipinski definition) is 5. The lowest BCUT2D eigenvalue weighted by Crippen LogP contribution is -2.38. The van der Waals surface area contributed by atoms with Gasteiger partial charge in [-0.15, -0.1) is 0 Å². The van der Waals surface area contributed by atoms with Crippen LogP contribution in [0.3, 0.4) is 0 Å². The highest BCUT2D eigenvalue weighted by atomic mass is 32.1. The van der Waals surface area contributed by atoms with Gasteiger partial charge in [0.05, 0.1) is 16.8 Å². The molecule has 0 amide bonds. The fourth-order valence-corrected chi connectivity index (χ4v) is 3.79. The zero-order valence-corrected chi connectivity index (χ0v) is 12.7. The Labute approximate surface area is 123 Å². The highest BCUT2D eigenvalue weighted by Crippen LogP contribution is 2.32. The molecule has 108 valence electrons. The SMILES string of the molecule is COCCNCC1CCCN1c1nc2ccccc2s1. The first kappa shape index (κ1) is 13.8. The van der Waals surface area contributed by atoms with Gasteiger partial charge in [-0.25, -0.2) is 4.98 Å². The minimum absolute atomic E-state index is 0.562. The number of fused-ring (bicyclic) bond motifs is 1. The first-order valence-corrected chi connectivity index (χ1v) is 8.02. The van der Waals surface area contributed by atoms with Gasteiger partial charge in [-0.1, -0.05) is 23.5 Å². The highest BCUT2D eigenvalue weighted by molar-refractivity contribution is 7.22. The Bertz CT molecular complexity index is 524. The van der Waals surface area contributed by atoms with E-state index in [9.17, 15) is 0 Å². The van der Waals surface area contributed by atoms with E-state index in [4.69, 9.17) is 9.72 Å². The topological polar surface area (TPSA) is 37.4 Å². The van der Waals surface area contributed by atoms with Gasteiger partial charge in [0.15, 0.2) is 5.13 Å². The summed E-state index contributed by atoms with van der Waals surface area (Å²) in [6.07, 6.45) is 2.50. The number of aromatic nitrogens is 1. The molecule has 1 saturated heterocycles. The fourth-order valence-electron chi connectivity index (χ4n) is 2.73. The summed E-state index contributed by atoms with van der Waals surface area (Å²) in [5.41, 5.74) is 1.12. The highest BCUT2D eigenvalue weighted by Gasteiger charge is 2.26. The third-order valence-corrected chi connectivity index (χ3v) is 4.84. The van der Waals surface area contributed by atoms with Crippen molar-refractivity contribution in [1.82, 2.24) is 10.3 Å². The van der Waals surface area contributed by atoms with E-state index in [2.05, 4.69) is 34.5 Å². The molecule has 1 aromatic heterocycles. The molecular formula is C15H21N3OS. The molecule has 0 bridgehead atoms. The number of methoxy groups -OCH3 is 1. The van der Waals surface area contributed by atoms with Gasteiger partial charge >= 0.3 is 0 Å². The molecule has 0 radical (unpaired) electrons. The molecule has 0 aliphatic carbocycles. The lowest BCUT2D eigenvalue weighted by atomic mass is 10.2. The molecule has 2 heterocycles. The number of anilines is 1. The third-order valence-electron chi connectivity index (χ3n) is 3.77. The molecule has 20 heavy (non-hydrogen) atoms. The van der Waals surface area contributed by atoms with E-state index in [1.807, 2.05) is 0 Å². The first-order chi connectivity index (χ1) is 9.88. The van der Waals surface area contributed by atoms with Crippen molar-refractivity contribution in [3.05, 3.63) is 24.3 Å². The van der Waals surface area contributed by atoms with Gasteiger partial charge < -0.3 is 15.0 Å². The molecule has 2 aromatic rings. The van der Waals surface area contributed by atoms with E-state index in [0.29, 0.717) is 6.04 Å². The van der Waals surface area contributed by atoms with Gasteiger partial charge in [0.1, 0.15) is 0 Å². The molecule has 1 atom stereocenters. The summed E-state index contributed by atoms with van der Waals surface area (Å²) in [6.45, 7) is 3.82. The van der Waals surface area contributed by atoms with Crippen LogP contribution in [0, 0.1) is 0 Å². The Balaban J connectivity index is 1.68. The van der Waals surface area contributed by atoms with E-state index in [1.54, 1.807) is 18.4 Å². The third kappa shape index (κ3) is 2.95. The van der Waals surface area contributed by atoms with E-state index in [0.717, 1.165) is 31.8 Å². The van der Waals surface area contributed by atoms with Crippen molar-refractivity contribution in [2.45, 2.75) is 18.9 Å². The van der Waals surface area contributed by atoms with E-state index < -0.39 is 0 Å². The standard InChI is InChI=1S/C15H21N3OS/c1-19-10-8-16-11-12-5-4-9-18(12)15-17-13-6-2-3-7-14(13)20-15/h2-3,6-7,12,16H,4-5,8-11H2,1H3. The summed E-state index contributed by atoms with van der Waals surface area (Å²) in [4.78, 5) is 7.24. The van der Waals surface area contributed by atoms with Crippen molar-refractivity contribution in [3.63, 3.8) is 0 Å². The molecule has 1 aromatic carbocycles. The molecule has 1 aliphatic heterocycles. The lowest BCUT2D eigenvalue weighted by molar-refractivity contribution is 0.199. The van der Waals surface area contributed by atoms with Crippen molar-refractivity contribution in [1.29, 1.82) is 0 Å². The average molecular weight is 291 g/mol. The number of nitrogens with zero attached hydrogens (tertiary/aromatic N) is 2. The Morgan fingerprint density at radius 3 is 3.20 bits per heavy atom. The number of benzene rings is 1. The maximum atomic E-state index is 5.07. The summed E-state index contributed by atoms with van der Waals surface area (Å²) >= 11 is 1.80. The van der Waals surface area contributed by atoms with Crippen LogP contribution in [-0.2, 0) is 4.74 Å². The van der Waals surface area contributed by atoms with Crippen molar-refractivity contribution in [3.8, 4) is 0 Å². The van der Waals surface area contributed by atoms with Crippen LogP contribution in [0.4, 0.5) is 5.13 Å². The number of thiazole rings is 1.